The SMILES string of the molecule is Bc1csc(S(=O)(=O)c2ccc(F)cc2)n1. The van der Waals surface area contributed by atoms with Crippen molar-refractivity contribution in [1.82, 2.24) is 4.98 Å². The fraction of sp³-hybridized carbons (Fsp3) is 0. The minimum atomic E-state index is -3.59. The molecule has 1 aromatic carbocycles. The van der Waals surface area contributed by atoms with Crippen LogP contribution in [0.4, 0.5) is 4.39 Å². The van der Waals surface area contributed by atoms with Crippen LogP contribution in [0.1, 0.15) is 0 Å². The summed E-state index contributed by atoms with van der Waals surface area (Å²) in [4.78, 5) is 3.98. The summed E-state index contributed by atoms with van der Waals surface area (Å²) in [6.45, 7) is 0. The first-order valence-electron chi connectivity index (χ1n) is 4.43. The molecule has 0 aliphatic rings. The Kier molecular flexibility index (Phi) is 2.81. The summed E-state index contributed by atoms with van der Waals surface area (Å²) >= 11 is 1.06. The summed E-state index contributed by atoms with van der Waals surface area (Å²) in [6, 6.07) is 4.71. The molecule has 3 nitrogen and oxygen atoms in total. The van der Waals surface area contributed by atoms with Crippen LogP contribution in [0.15, 0.2) is 38.9 Å². The van der Waals surface area contributed by atoms with Gasteiger partial charge < -0.3 is 0 Å². The minimum Gasteiger partial charge on any atom is -0.241 e. The second-order valence-electron chi connectivity index (χ2n) is 3.21. The van der Waals surface area contributed by atoms with Crippen LogP contribution in [0.25, 0.3) is 0 Å². The fourth-order valence-corrected chi connectivity index (χ4v) is 3.59. The smallest absolute Gasteiger partial charge is 0.233 e. The zero-order valence-electron chi connectivity index (χ0n) is 8.34. The van der Waals surface area contributed by atoms with Gasteiger partial charge in [-0.1, -0.05) is 0 Å². The summed E-state index contributed by atoms with van der Waals surface area (Å²) in [7, 11) is -1.87. The van der Waals surface area contributed by atoms with Crippen molar-refractivity contribution in [2.24, 2.45) is 0 Å². The number of thiazole rings is 1. The van der Waals surface area contributed by atoms with Crippen LogP contribution < -0.4 is 5.59 Å². The topological polar surface area (TPSA) is 47.0 Å². The van der Waals surface area contributed by atoms with Gasteiger partial charge in [0.1, 0.15) is 5.82 Å². The maximum atomic E-state index is 12.7. The maximum absolute atomic E-state index is 12.7. The van der Waals surface area contributed by atoms with E-state index in [4.69, 9.17) is 0 Å². The maximum Gasteiger partial charge on any atom is 0.233 e. The molecule has 0 atom stereocenters. The summed E-state index contributed by atoms with van der Waals surface area (Å²) in [6.07, 6.45) is 0. The van der Waals surface area contributed by atoms with Gasteiger partial charge in [-0.2, -0.15) is 0 Å². The van der Waals surface area contributed by atoms with E-state index in [2.05, 4.69) is 4.98 Å². The van der Waals surface area contributed by atoms with E-state index in [9.17, 15) is 12.8 Å². The van der Waals surface area contributed by atoms with Crippen LogP contribution >= 0.6 is 11.3 Å². The van der Waals surface area contributed by atoms with Crippen molar-refractivity contribution in [2.45, 2.75) is 9.24 Å². The molecule has 1 heterocycles. The molecule has 82 valence electrons. The molecule has 0 aliphatic heterocycles. The summed E-state index contributed by atoms with van der Waals surface area (Å²) in [5.74, 6) is -0.464. The minimum absolute atomic E-state index is 0.0385. The number of hydrogen-bond acceptors (Lipinski definition) is 4. The standard InChI is InChI=1S/C9H7BFNO2S2/c10-8-5-15-9(12-8)16(13,14)7-3-1-6(11)2-4-7/h1-5H,10H2. The van der Waals surface area contributed by atoms with Crippen LogP contribution in [0, 0.1) is 5.82 Å². The first kappa shape index (κ1) is 11.3. The molecule has 0 amide bonds. The Morgan fingerprint density at radius 1 is 1.25 bits per heavy atom. The van der Waals surface area contributed by atoms with Gasteiger partial charge in [0.15, 0.2) is 7.85 Å². The molecule has 0 spiro atoms. The number of rotatable bonds is 2. The monoisotopic (exact) mass is 255 g/mol. The molecule has 16 heavy (non-hydrogen) atoms. The predicted octanol–water partition coefficient (Wildman–Crippen LogP) is 0.373. The van der Waals surface area contributed by atoms with Crippen LogP contribution in [0.5, 0.6) is 0 Å². The summed E-state index contributed by atoms with van der Waals surface area (Å²) < 4.78 is 36.7. The molecule has 0 saturated heterocycles. The van der Waals surface area contributed by atoms with Gasteiger partial charge in [0, 0.05) is 11.0 Å². The van der Waals surface area contributed by atoms with Gasteiger partial charge in [0.05, 0.1) is 4.90 Å². The number of sulfone groups is 1. The van der Waals surface area contributed by atoms with E-state index < -0.39 is 15.7 Å². The third-order valence-corrected chi connectivity index (χ3v) is 5.09. The van der Waals surface area contributed by atoms with Gasteiger partial charge in [-0.05, 0) is 24.3 Å². The van der Waals surface area contributed by atoms with Gasteiger partial charge in [-0.25, -0.2) is 17.8 Å². The molecule has 1 aromatic heterocycles. The van der Waals surface area contributed by atoms with Crippen molar-refractivity contribution < 1.29 is 12.8 Å². The van der Waals surface area contributed by atoms with Gasteiger partial charge in [0.25, 0.3) is 0 Å². The van der Waals surface area contributed by atoms with Crippen molar-refractivity contribution >= 4 is 34.6 Å². The zero-order valence-corrected chi connectivity index (χ0v) is 9.98. The lowest BCUT2D eigenvalue weighted by molar-refractivity contribution is 0.594. The number of halogens is 1. The summed E-state index contributed by atoms with van der Waals surface area (Å²) in [5, 5.41) is 1.66. The van der Waals surface area contributed by atoms with Crippen molar-refractivity contribution in [3.8, 4) is 0 Å². The summed E-state index contributed by atoms with van der Waals surface area (Å²) in [5.41, 5.74) is 0.658. The van der Waals surface area contributed by atoms with E-state index in [-0.39, 0.29) is 9.24 Å². The molecule has 7 heteroatoms. The Balaban J connectivity index is 2.51. The lowest BCUT2D eigenvalue weighted by atomic mass is 10.1. The van der Waals surface area contributed by atoms with E-state index in [1.807, 2.05) is 0 Å². The van der Waals surface area contributed by atoms with Crippen molar-refractivity contribution in [3.63, 3.8) is 0 Å². The van der Waals surface area contributed by atoms with Crippen LogP contribution in [0.2, 0.25) is 0 Å². The third-order valence-electron chi connectivity index (χ3n) is 1.95. The Labute approximate surface area is 97.3 Å². The lowest BCUT2D eigenvalue weighted by Crippen LogP contribution is -2.07. The first-order valence-corrected chi connectivity index (χ1v) is 6.79. The van der Waals surface area contributed by atoms with Crippen LogP contribution in [-0.4, -0.2) is 21.2 Å². The van der Waals surface area contributed by atoms with E-state index in [0.29, 0.717) is 5.59 Å². The molecular formula is C9H7BFNO2S2. The fourth-order valence-electron chi connectivity index (χ4n) is 1.17. The molecule has 0 unspecified atom stereocenters. The molecule has 0 fully saturated rings. The van der Waals surface area contributed by atoms with Crippen LogP contribution in [0.3, 0.4) is 0 Å². The van der Waals surface area contributed by atoms with Gasteiger partial charge in [0.2, 0.25) is 14.2 Å². The van der Waals surface area contributed by atoms with Gasteiger partial charge >= 0.3 is 0 Å². The van der Waals surface area contributed by atoms with E-state index >= 15 is 0 Å². The highest BCUT2D eigenvalue weighted by Gasteiger charge is 2.20. The van der Waals surface area contributed by atoms with E-state index in [1.54, 1.807) is 13.2 Å². The largest absolute Gasteiger partial charge is 0.241 e. The number of aromatic nitrogens is 1. The van der Waals surface area contributed by atoms with Crippen molar-refractivity contribution in [1.29, 1.82) is 0 Å². The quantitative estimate of drug-likeness (QED) is 0.575. The molecule has 2 aromatic rings. The number of hydrogen-bond donors (Lipinski definition) is 0. The third kappa shape index (κ3) is 2.01. The normalized spacial score (nSPS) is 11.6. The predicted molar refractivity (Wildman–Crippen MR) is 62.1 cm³/mol. The number of nitrogens with zero attached hydrogens (tertiary/aromatic N) is 1. The second-order valence-corrected chi connectivity index (χ2v) is 6.19. The van der Waals surface area contributed by atoms with E-state index in [1.165, 1.54) is 12.1 Å². The molecular weight excluding hydrogens is 248 g/mol. The zero-order chi connectivity index (χ0) is 11.8. The highest BCUT2D eigenvalue weighted by molar-refractivity contribution is 7.93. The number of benzene rings is 1. The Hall–Kier alpha value is -1.21. The van der Waals surface area contributed by atoms with Gasteiger partial charge in [-0.3, -0.25) is 0 Å². The first-order chi connectivity index (χ1) is 7.50. The Morgan fingerprint density at radius 2 is 1.88 bits per heavy atom. The average molecular weight is 255 g/mol. The highest BCUT2D eigenvalue weighted by Crippen LogP contribution is 2.21. The van der Waals surface area contributed by atoms with Crippen LogP contribution in [-0.2, 0) is 9.84 Å². The van der Waals surface area contributed by atoms with Gasteiger partial charge in [-0.15, -0.1) is 11.3 Å². The molecule has 0 bridgehead atoms. The second kappa shape index (κ2) is 3.99. The van der Waals surface area contributed by atoms with Crippen molar-refractivity contribution in [3.05, 3.63) is 35.5 Å². The highest BCUT2D eigenvalue weighted by atomic mass is 32.2. The molecule has 0 aliphatic carbocycles. The Morgan fingerprint density at radius 3 is 2.38 bits per heavy atom. The molecule has 0 radical (unpaired) electrons. The molecule has 2 rings (SSSR count). The molecule has 0 N–H and O–H groups in total. The lowest BCUT2D eigenvalue weighted by Gasteiger charge is -1.99. The van der Waals surface area contributed by atoms with E-state index in [0.717, 1.165) is 23.5 Å². The molecule has 0 saturated carbocycles. The van der Waals surface area contributed by atoms with Crippen molar-refractivity contribution in [2.75, 3.05) is 0 Å². The Bertz CT molecular complexity index is 607. The average Bonchev–Trinajstić information content (AvgIpc) is 2.66.